The van der Waals surface area contributed by atoms with Crippen LogP contribution in [0.4, 0.5) is 0 Å². The van der Waals surface area contributed by atoms with Gasteiger partial charge in [0.05, 0.1) is 6.07 Å². The Hall–Kier alpha value is -0.840. The van der Waals surface area contributed by atoms with Crippen LogP contribution in [-0.4, -0.2) is 12.3 Å². The molecule has 0 aromatic carbocycles. The predicted molar refractivity (Wildman–Crippen MR) is 54.7 cm³/mol. The zero-order valence-corrected chi connectivity index (χ0v) is 8.80. The summed E-state index contributed by atoms with van der Waals surface area (Å²) < 4.78 is 0. The second kappa shape index (κ2) is 3.14. The van der Waals surface area contributed by atoms with E-state index in [9.17, 15) is 0 Å². The zero-order valence-electron chi connectivity index (χ0n) is 8.80. The van der Waals surface area contributed by atoms with E-state index in [1.165, 1.54) is 6.42 Å². The highest BCUT2D eigenvalue weighted by Crippen LogP contribution is 2.45. The van der Waals surface area contributed by atoms with E-state index in [0.29, 0.717) is 5.92 Å². The van der Waals surface area contributed by atoms with Crippen molar-refractivity contribution in [3.8, 4) is 6.07 Å². The summed E-state index contributed by atoms with van der Waals surface area (Å²) in [5.74, 6) is 0.578. The number of hydrogen-bond acceptors (Lipinski definition) is 2. The van der Waals surface area contributed by atoms with Crippen molar-refractivity contribution >= 4 is 6.72 Å². The van der Waals surface area contributed by atoms with Crippen LogP contribution in [-0.2, 0) is 0 Å². The van der Waals surface area contributed by atoms with Crippen LogP contribution >= 0.6 is 0 Å². The summed E-state index contributed by atoms with van der Waals surface area (Å²) in [6, 6.07) is 2.32. The third-order valence-corrected chi connectivity index (χ3v) is 2.87. The Bertz CT molecular complexity index is 249. The van der Waals surface area contributed by atoms with Crippen molar-refractivity contribution in [1.29, 1.82) is 5.26 Å². The number of hydrogen-bond donors (Lipinski definition) is 0. The first-order valence-corrected chi connectivity index (χ1v) is 4.82. The van der Waals surface area contributed by atoms with Gasteiger partial charge >= 0.3 is 0 Å². The van der Waals surface area contributed by atoms with Gasteiger partial charge in [-0.1, -0.05) is 20.8 Å². The molecule has 2 nitrogen and oxygen atoms in total. The van der Waals surface area contributed by atoms with E-state index < -0.39 is 5.54 Å². The minimum atomic E-state index is -0.513. The van der Waals surface area contributed by atoms with Crippen LogP contribution in [0, 0.1) is 22.7 Å². The average molecular weight is 178 g/mol. The van der Waals surface area contributed by atoms with Crippen molar-refractivity contribution in [2.24, 2.45) is 16.3 Å². The Kier molecular flexibility index (Phi) is 2.47. The number of aliphatic imine (C=N–C) groups is 1. The van der Waals surface area contributed by atoms with Crippen molar-refractivity contribution in [1.82, 2.24) is 0 Å². The summed E-state index contributed by atoms with van der Waals surface area (Å²) in [7, 11) is 0. The molecule has 1 saturated carbocycles. The van der Waals surface area contributed by atoms with E-state index in [0.717, 1.165) is 12.8 Å². The average Bonchev–Trinajstić information content (AvgIpc) is 2.00. The number of nitriles is 1. The van der Waals surface area contributed by atoms with Crippen molar-refractivity contribution in [3.05, 3.63) is 0 Å². The fourth-order valence-corrected chi connectivity index (χ4v) is 2.77. The first kappa shape index (κ1) is 10.2. The maximum Gasteiger partial charge on any atom is 0.146 e. The molecular formula is C11H18N2. The molecule has 1 aliphatic carbocycles. The first-order chi connectivity index (χ1) is 5.93. The van der Waals surface area contributed by atoms with Gasteiger partial charge in [-0.2, -0.15) is 5.26 Å². The molecule has 0 N–H and O–H groups in total. The lowest BCUT2D eigenvalue weighted by molar-refractivity contribution is 0.140. The van der Waals surface area contributed by atoms with Crippen molar-refractivity contribution in [3.63, 3.8) is 0 Å². The molecule has 0 spiro atoms. The second-order valence-electron chi connectivity index (χ2n) is 5.16. The number of rotatable bonds is 1. The van der Waals surface area contributed by atoms with Gasteiger partial charge in [0, 0.05) is 0 Å². The van der Waals surface area contributed by atoms with Gasteiger partial charge in [-0.15, -0.1) is 0 Å². The highest BCUT2D eigenvalue weighted by Gasteiger charge is 2.42. The van der Waals surface area contributed by atoms with Gasteiger partial charge in [0.1, 0.15) is 5.54 Å². The van der Waals surface area contributed by atoms with Crippen LogP contribution in [0.25, 0.3) is 0 Å². The summed E-state index contributed by atoms with van der Waals surface area (Å²) in [6.07, 6.45) is 2.91. The third-order valence-electron chi connectivity index (χ3n) is 2.87. The molecule has 0 heterocycles. The van der Waals surface area contributed by atoms with Crippen LogP contribution in [0.2, 0.25) is 0 Å². The molecule has 2 unspecified atom stereocenters. The molecule has 2 atom stereocenters. The Morgan fingerprint density at radius 2 is 2.08 bits per heavy atom. The summed E-state index contributed by atoms with van der Waals surface area (Å²) in [5, 5.41) is 9.11. The smallest absolute Gasteiger partial charge is 0.146 e. The topological polar surface area (TPSA) is 36.1 Å². The van der Waals surface area contributed by atoms with Gasteiger partial charge in [0.2, 0.25) is 0 Å². The van der Waals surface area contributed by atoms with Gasteiger partial charge in [-0.3, -0.25) is 4.99 Å². The largest absolute Gasteiger partial charge is 0.279 e. The molecule has 0 amide bonds. The molecule has 13 heavy (non-hydrogen) atoms. The van der Waals surface area contributed by atoms with E-state index in [1.54, 1.807) is 0 Å². The summed E-state index contributed by atoms with van der Waals surface area (Å²) in [5.41, 5.74) is -0.282. The maximum absolute atomic E-state index is 9.11. The molecule has 1 aliphatic rings. The summed E-state index contributed by atoms with van der Waals surface area (Å²) >= 11 is 0. The van der Waals surface area contributed by atoms with Crippen molar-refractivity contribution < 1.29 is 0 Å². The second-order valence-corrected chi connectivity index (χ2v) is 5.16. The van der Waals surface area contributed by atoms with Crippen LogP contribution in [0.1, 0.15) is 40.0 Å². The molecule has 0 aromatic rings. The molecule has 72 valence electrons. The molecule has 2 heteroatoms. The molecule has 1 fully saturated rings. The molecule has 0 aromatic heterocycles. The van der Waals surface area contributed by atoms with Gasteiger partial charge in [-0.05, 0) is 37.3 Å². The monoisotopic (exact) mass is 178 g/mol. The van der Waals surface area contributed by atoms with E-state index >= 15 is 0 Å². The first-order valence-electron chi connectivity index (χ1n) is 4.82. The van der Waals surface area contributed by atoms with Crippen LogP contribution in [0.15, 0.2) is 4.99 Å². The van der Waals surface area contributed by atoms with Gasteiger partial charge in [-0.25, -0.2) is 0 Å². The van der Waals surface area contributed by atoms with Gasteiger partial charge in [0.25, 0.3) is 0 Å². The molecule has 1 rings (SSSR count). The minimum absolute atomic E-state index is 0.231. The molecule has 0 radical (unpaired) electrons. The Balaban J connectivity index is 2.90. The van der Waals surface area contributed by atoms with Gasteiger partial charge < -0.3 is 0 Å². The maximum atomic E-state index is 9.11. The quantitative estimate of drug-likeness (QED) is 0.569. The molecule has 0 saturated heterocycles. The highest BCUT2D eigenvalue weighted by atomic mass is 14.8. The Morgan fingerprint density at radius 3 is 2.46 bits per heavy atom. The van der Waals surface area contributed by atoms with Crippen LogP contribution in [0.3, 0.4) is 0 Å². The minimum Gasteiger partial charge on any atom is -0.279 e. The van der Waals surface area contributed by atoms with E-state index in [1.807, 2.05) is 0 Å². The van der Waals surface area contributed by atoms with E-state index in [-0.39, 0.29) is 5.41 Å². The Morgan fingerprint density at radius 1 is 1.46 bits per heavy atom. The highest BCUT2D eigenvalue weighted by molar-refractivity contribution is 5.30. The predicted octanol–water partition coefficient (Wildman–Crippen LogP) is 2.80. The molecular weight excluding hydrogens is 160 g/mol. The molecule has 0 bridgehead atoms. The third kappa shape index (κ3) is 2.09. The zero-order chi connectivity index (χ0) is 10.1. The lowest BCUT2D eigenvalue weighted by Crippen LogP contribution is -2.39. The molecule has 0 aliphatic heterocycles. The van der Waals surface area contributed by atoms with Crippen LogP contribution in [0.5, 0.6) is 0 Å². The van der Waals surface area contributed by atoms with Crippen LogP contribution < -0.4 is 0 Å². The summed E-state index contributed by atoms with van der Waals surface area (Å²) in [6.45, 7) is 10.2. The lowest BCUT2D eigenvalue weighted by atomic mass is 9.65. The van der Waals surface area contributed by atoms with Gasteiger partial charge in [0.15, 0.2) is 0 Å². The van der Waals surface area contributed by atoms with E-state index in [2.05, 4.69) is 38.6 Å². The standard InChI is InChI=1S/C11H18N2/c1-9-5-10(2,3)7-11(6-9,8-12)13-4/h9H,4-7H2,1-3H3. The van der Waals surface area contributed by atoms with Crippen molar-refractivity contribution in [2.45, 2.75) is 45.6 Å². The SMILES string of the molecule is C=NC1(C#N)CC(C)CC(C)(C)C1. The number of nitrogens with zero attached hydrogens (tertiary/aromatic N) is 2. The van der Waals surface area contributed by atoms with E-state index in [4.69, 9.17) is 5.26 Å². The fraction of sp³-hybridized carbons (Fsp3) is 0.818. The normalized spacial score (nSPS) is 37.8. The summed E-state index contributed by atoms with van der Waals surface area (Å²) in [4.78, 5) is 4.03. The van der Waals surface area contributed by atoms with Crippen molar-refractivity contribution in [2.75, 3.05) is 0 Å². The lowest BCUT2D eigenvalue weighted by Gasteiger charge is -2.41. The Labute approximate surface area is 80.7 Å². The fourth-order valence-electron chi connectivity index (χ4n) is 2.77.